The van der Waals surface area contributed by atoms with Gasteiger partial charge in [-0.2, -0.15) is 4.98 Å². The molecule has 9 nitrogen and oxygen atoms in total. The van der Waals surface area contributed by atoms with Crippen molar-refractivity contribution in [3.05, 3.63) is 66.6 Å². The number of hydrogen-bond acceptors (Lipinski definition) is 7. The van der Waals surface area contributed by atoms with Gasteiger partial charge < -0.3 is 24.8 Å². The van der Waals surface area contributed by atoms with Gasteiger partial charge in [0.2, 0.25) is 11.9 Å². The number of aryl methyl sites for hydroxylation is 1. The Hall–Kier alpha value is -3.98. The quantitative estimate of drug-likeness (QED) is 0.472. The molecule has 0 unspecified atom stereocenters. The minimum absolute atomic E-state index is 0.115. The number of carbonyl (C=O) groups is 1. The number of aromatic nitrogens is 4. The molecule has 2 N–H and O–H groups in total. The molecule has 4 aromatic rings. The Morgan fingerprint density at radius 1 is 1.03 bits per heavy atom. The first-order chi connectivity index (χ1) is 16.1. The number of imidazole rings is 1. The van der Waals surface area contributed by atoms with Crippen molar-refractivity contribution in [1.82, 2.24) is 19.5 Å². The average molecular weight is 444 g/mol. The summed E-state index contributed by atoms with van der Waals surface area (Å²) in [5.41, 5.74) is 4.25. The Morgan fingerprint density at radius 3 is 2.61 bits per heavy atom. The van der Waals surface area contributed by atoms with Gasteiger partial charge in [0.15, 0.2) is 0 Å². The second-order valence-corrected chi connectivity index (χ2v) is 7.90. The Balaban J connectivity index is 1.22. The molecular formula is C24H25N7O2. The highest BCUT2D eigenvalue weighted by atomic mass is 16.5. The van der Waals surface area contributed by atoms with Crippen molar-refractivity contribution in [3.8, 4) is 0 Å². The average Bonchev–Trinajstić information content (AvgIpc) is 3.23. The molecule has 0 bridgehead atoms. The van der Waals surface area contributed by atoms with Crippen molar-refractivity contribution in [2.75, 3.05) is 41.8 Å². The minimum Gasteiger partial charge on any atom is -0.378 e. The Morgan fingerprint density at radius 2 is 1.79 bits per heavy atom. The van der Waals surface area contributed by atoms with E-state index >= 15 is 0 Å². The second-order valence-electron chi connectivity index (χ2n) is 7.90. The van der Waals surface area contributed by atoms with E-state index in [0.717, 1.165) is 41.3 Å². The third-order valence-electron chi connectivity index (χ3n) is 5.44. The fourth-order valence-corrected chi connectivity index (χ4v) is 3.82. The Kier molecular flexibility index (Phi) is 5.86. The van der Waals surface area contributed by atoms with E-state index in [1.165, 1.54) is 0 Å². The standard InChI is InChI=1S/C24H25N7O2/c1-17-14-22(30-10-12-33-13-11-30)29-24(26-17)28-19-8-6-18(7-9-19)27-23(32)15-31-16-25-20-4-2-3-5-21(20)31/h2-9,14,16H,10-13,15H2,1H3,(H,27,32)(H,26,28,29). The van der Waals surface area contributed by atoms with Gasteiger partial charge in [-0.3, -0.25) is 4.79 Å². The summed E-state index contributed by atoms with van der Waals surface area (Å²) in [7, 11) is 0. The van der Waals surface area contributed by atoms with Crippen molar-refractivity contribution in [3.63, 3.8) is 0 Å². The molecule has 2 aromatic heterocycles. The third kappa shape index (κ3) is 4.93. The third-order valence-corrected chi connectivity index (χ3v) is 5.44. The van der Waals surface area contributed by atoms with Crippen LogP contribution in [-0.4, -0.2) is 51.7 Å². The second kappa shape index (κ2) is 9.25. The fourth-order valence-electron chi connectivity index (χ4n) is 3.82. The zero-order chi connectivity index (χ0) is 22.6. The van der Waals surface area contributed by atoms with Crippen molar-refractivity contribution in [1.29, 1.82) is 0 Å². The van der Waals surface area contributed by atoms with Crippen LogP contribution in [0.1, 0.15) is 5.69 Å². The van der Waals surface area contributed by atoms with Crippen LogP contribution in [-0.2, 0) is 16.1 Å². The van der Waals surface area contributed by atoms with E-state index < -0.39 is 0 Å². The summed E-state index contributed by atoms with van der Waals surface area (Å²) in [5.74, 6) is 1.32. The zero-order valence-electron chi connectivity index (χ0n) is 18.4. The first-order valence-corrected chi connectivity index (χ1v) is 10.9. The number of amides is 1. The molecule has 1 saturated heterocycles. The smallest absolute Gasteiger partial charge is 0.244 e. The minimum atomic E-state index is -0.115. The first kappa shape index (κ1) is 20.9. The zero-order valence-corrected chi connectivity index (χ0v) is 18.4. The molecule has 0 saturated carbocycles. The van der Waals surface area contributed by atoms with E-state index in [9.17, 15) is 4.79 Å². The summed E-state index contributed by atoms with van der Waals surface area (Å²) in [5, 5.41) is 6.19. The number of benzene rings is 2. The van der Waals surface area contributed by atoms with Crippen molar-refractivity contribution >= 4 is 40.1 Å². The number of carbonyl (C=O) groups excluding carboxylic acids is 1. The molecule has 2 aromatic carbocycles. The number of anilines is 4. The Labute approximate surface area is 191 Å². The maximum absolute atomic E-state index is 12.5. The molecule has 168 valence electrons. The van der Waals surface area contributed by atoms with Crippen molar-refractivity contribution < 1.29 is 9.53 Å². The molecule has 3 heterocycles. The van der Waals surface area contributed by atoms with Crippen LogP contribution in [0.3, 0.4) is 0 Å². The van der Waals surface area contributed by atoms with Gasteiger partial charge in [-0.25, -0.2) is 9.97 Å². The number of para-hydroxylation sites is 2. The molecule has 5 rings (SSSR count). The monoisotopic (exact) mass is 443 g/mol. The molecule has 1 aliphatic rings. The molecule has 1 amide bonds. The molecular weight excluding hydrogens is 418 g/mol. The van der Waals surface area contributed by atoms with Gasteiger partial charge in [0, 0.05) is 36.2 Å². The summed E-state index contributed by atoms with van der Waals surface area (Å²) in [6.07, 6.45) is 1.68. The van der Waals surface area contributed by atoms with Gasteiger partial charge in [0.25, 0.3) is 0 Å². The molecule has 33 heavy (non-hydrogen) atoms. The van der Waals surface area contributed by atoms with E-state index in [4.69, 9.17) is 4.74 Å². The van der Waals surface area contributed by atoms with Crippen LogP contribution in [0.25, 0.3) is 11.0 Å². The number of nitrogens with zero attached hydrogens (tertiary/aromatic N) is 5. The van der Waals surface area contributed by atoms with Gasteiger partial charge in [0.1, 0.15) is 12.4 Å². The number of fused-ring (bicyclic) bond motifs is 1. The highest BCUT2D eigenvalue weighted by Gasteiger charge is 2.14. The summed E-state index contributed by atoms with van der Waals surface area (Å²) < 4.78 is 7.26. The maximum atomic E-state index is 12.5. The van der Waals surface area contributed by atoms with E-state index in [1.54, 1.807) is 6.33 Å². The van der Waals surface area contributed by atoms with E-state index in [-0.39, 0.29) is 12.5 Å². The lowest BCUT2D eigenvalue weighted by Gasteiger charge is -2.28. The first-order valence-electron chi connectivity index (χ1n) is 10.9. The van der Waals surface area contributed by atoms with Crippen LogP contribution in [0, 0.1) is 6.92 Å². The van der Waals surface area contributed by atoms with Crippen LogP contribution in [0.4, 0.5) is 23.1 Å². The van der Waals surface area contributed by atoms with E-state index in [2.05, 4.69) is 30.5 Å². The van der Waals surface area contributed by atoms with Gasteiger partial charge in [0.05, 0.1) is 30.6 Å². The molecule has 1 aliphatic heterocycles. The van der Waals surface area contributed by atoms with Gasteiger partial charge >= 0.3 is 0 Å². The van der Waals surface area contributed by atoms with Crippen molar-refractivity contribution in [2.45, 2.75) is 13.5 Å². The summed E-state index contributed by atoms with van der Waals surface area (Å²) in [6, 6.07) is 17.2. The SMILES string of the molecule is Cc1cc(N2CCOCC2)nc(Nc2ccc(NC(=O)Cn3cnc4ccccc43)cc2)n1. The summed E-state index contributed by atoms with van der Waals surface area (Å²) in [6.45, 7) is 5.20. The number of hydrogen-bond donors (Lipinski definition) is 2. The summed E-state index contributed by atoms with van der Waals surface area (Å²) in [4.78, 5) is 28.2. The normalized spacial score (nSPS) is 13.8. The van der Waals surface area contributed by atoms with Gasteiger partial charge in [-0.1, -0.05) is 12.1 Å². The van der Waals surface area contributed by atoms with Crippen LogP contribution in [0.2, 0.25) is 0 Å². The highest BCUT2D eigenvalue weighted by Crippen LogP contribution is 2.21. The number of ether oxygens (including phenoxy) is 1. The van der Waals surface area contributed by atoms with E-state index in [0.29, 0.717) is 24.8 Å². The van der Waals surface area contributed by atoms with Gasteiger partial charge in [-0.15, -0.1) is 0 Å². The molecule has 0 atom stereocenters. The van der Waals surface area contributed by atoms with Crippen LogP contribution >= 0.6 is 0 Å². The predicted molar refractivity (Wildman–Crippen MR) is 128 cm³/mol. The Bertz CT molecular complexity index is 1260. The van der Waals surface area contributed by atoms with Crippen LogP contribution < -0.4 is 15.5 Å². The van der Waals surface area contributed by atoms with E-state index in [1.807, 2.05) is 66.1 Å². The predicted octanol–water partition coefficient (Wildman–Crippen LogP) is 3.35. The lowest BCUT2D eigenvalue weighted by molar-refractivity contribution is -0.116. The molecule has 9 heteroatoms. The number of rotatable bonds is 6. The van der Waals surface area contributed by atoms with Crippen LogP contribution in [0.5, 0.6) is 0 Å². The lowest BCUT2D eigenvalue weighted by Crippen LogP contribution is -2.36. The summed E-state index contributed by atoms with van der Waals surface area (Å²) >= 11 is 0. The highest BCUT2D eigenvalue weighted by molar-refractivity contribution is 5.91. The topological polar surface area (TPSA) is 97.2 Å². The van der Waals surface area contributed by atoms with Crippen LogP contribution in [0.15, 0.2) is 60.9 Å². The number of nitrogens with one attached hydrogen (secondary N) is 2. The van der Waals surface area contributed by atoms with Gasteiger partial charge in [-0.05, 0) is 43.3 Å². The molecule has 0 spiro atoms. The fraction of sp³-hybridized carbons (Fsp3) is 0.250. The maximum Gasteiger partial charge on any atom is 0.244 e. The van der Waals surface area contributed by atoms with Crippen molar-refractivity contribution in [2.24, 2.45) is 0 Å². The molecule has 0 radical (unpaired) electrons. The molecule has 0 aliphatic carbocycles. The number of morpholine rings is 1. The lowest BCUT2D eigenvalue weighted by atomic mass is 10.2. The molecule has 1 fully saturated rings. The largest absolute Gasteiger partial charge is 0.378 e.